The molecule has 28 heavy (non-hydrogen) atoms. The third-order valence-corrected chi connectivity index (χ3v) is 5.83. The highest BCUT2D eigenvalue weighted by atomic mass is 16.2. The SMILES string of the molecule is CCCC[NH+](CC(=O)N[C@@H]1CCCC[C@@H]1C)Cc1nc2ccccc2c(=O)[nH]1. The van der Waals surface area contributed by atoms with E-state index >= 15 is 0 Å². The molecule has 1 heterocycles. The van der Waals surface area contributed by atoms with Crippen molar-refractivity contribution < 1.29 is 9.69 Å². The zero-order valence-electron chi connectivity index (χ0n) is 17.1. The normalized spacial score (nSPS) is 20.8. The van der Waals surface area contributed by atoms with E-state index in [9.17, 15) is 9.59 Å². The van der Waals surface area contributed by atoms with E-state index in [1.807, 2.05) is 18.2 Å². The summed E-state index contributed by atoms with van der Waals surface area (Å²) in [6.45, 7) is 6.24. The second-order valence-electron chi connectivity index (χ2n) is 8.17. The van der Waals surface area contributed by atoms with Gasteiger partial charge in [0.05, 0.1) is 17.4 Å². The van der Waals surface area contributed by atoms with Gasteiger partial charge in [-0.15, -0.1) is 0 Å². The number of nitrogens with one attached hydrogen (secondary N) is 3. The quantitative estimate of drug-likeness (QED) is 0.648. The van der Waals surface area contributed by atoms with E-state index < -0.39 is 0 Å². The minimum atomic E-state index is -0.115. The number of hydrogen-bond acceptors (Lipinski definition) is 3. The molecule has 3 atom stereocenters. The fourth-order valence-corrected chi connectivity index (χ4v) is 4.14. The van der Waals surface area contributed by atoms with Crippen LogP contribution in [-0.4, -0.2) is 35.0 Å². The Balaban J connectivity index is 1.68. The molecule has 1 aromatic carbocycles. The van der Waals surface area contributed by atoms with Crippen LogP contribution in [0, 0.1) is 5.92 Å². The molecule has 2 aromatic rings. The summed E-state index contributed by atoms with van der Waals surface area (Å²) in [6.07, 6.45) is 6.86. The smallest absolute Gasteiger partial charge is 0.275 e. The van der Waals surface area contributed by atoms with Crippen molar-refractivity contribution in [2.45, 2.75) is 65.0 Å². The largest absolute Gasteiger partial charge is 0.348 e. The highest BCUT2D eigenvalue weighted by molar-refractivity contribution is 5.77. The van der Waals surface area contributed by atoms with Crippen LogP contribution in [0.5, 0.6) is 0 Å². The van der Waals surface area contributed by atoms with E-state index in [-0.39, 0.29) is 11.5 Å². The van der Waals surface area contributed by atoms with Crippen molar-refractivity contribution in [3.8, 4) is 0 Å². The molecule has 0 bridgehead atoms. The summed E-state index contributed by atoms with van der Waals surface area (Å²) in [5.74, 6) is 1.30. The van der Waals surface area contributed by atoms with E-state index in [2.05, 4.69) is 29.1 Å². The van der Waals surface area contributed by atoms with Gasteiger partial charge in [0, 0.05) is 6.04 Å². The van der Waals surface area contributed by atoms with Crippen LogP contribution in [0.15, 0.2) is 29.1 Å². The number of fused-ring (bicyclic) bond motifs is 1. The number of carbonyl (C=O) groups is 1. The summed E-state index contributed by atoms with van der Waals surface area (Å²) < 4.78 is 0. The van der Waals surface area contributed by atoms with Gasteiger partial charge in [0.15, 0.2) is 12.4 Å². The van der Waals surface area contributed by atoms with Gasteiger partial charge in [-0.1, -0.05) is 45.2 Å². The summed E-state index contributed by atoms with van der Waals surface area (Å²) in [5.41, 5.74) is 0.590. The van der Waals surface area contributed by atoms with Crippen LogP contribution in [0.4, 0.5) is 0 Å². The zero-order valence-corrected chi connectivity index (χ0v) is 17.1. The lowest BCUT2D eigenvalue weighted by molar-refractivity contribution is -0.906. The third-order valence-electron chi connectivity index (χ3n) is 5.83. The van der Waals surface area contributed by atoms with Crippen LogP contribution in [0.1, 0.15) is 58.2 Å². The number of carbonyl (C=O) groups excluding carboxylic acids is 1. The van der Waals surface area contributed by atoms with Gasteiger partial charge in [-0.3, -0.25) is 9.59 Å². The number of hydrogen-bond donors (Lipinski definition) is 3. The second kappa shape index (κ2) is 9.82. The van der Waals surface area contributed by atoms with E-state index in [4.69, 9.17) is 0 Å². The number of unbranched alkanes of at least 4 members (excludes halogenated alkanes) is 1. The highest BCUT2D eigenvalue weighted by Crippen LogP contribution is 2.23. The van der Waals surface area contributed by atoms with Gasteiger partial charge >= 0.3 is 0 Å². The summed E-state index contributed by atoms with van der Waals surface area (Å²) in [7, 11) is 0. The van der Waals surface area contributed by atoms with E-state index in [1.54, 1.807) is 6.07 Å². The van der Waals surface area contributed by atoms with Crippen molar-refractivity contribution in [1.29, 1.82) is 0 Å². The molecular weight excluding hydrogens is 352 g/mol. The standard InChI is InChI=1S/C22H32N4O2/c1-3-4-13-26(15-21(27)24-18-11-7-5-9-16(18)2)14-20-23-19-12-8-6-10-17(19)22(28)25-20/h6,8,10,12,16,18H,3-5,7,9,11,13-15H2,1-2H3,(H,24,27)(H,23,25,28)/p+1/t16-,18+/m0/s1. The van der Waals surface area contributed by atoms with Crippen LogP contribution >= 0.6 is 0 Å². The Bertz CT molecular complexity index is 848. The Morgan fingerprint density at radius 2 is 2.07 bits per heavy atom. The van der Waals surface area contributed by atoms with Gasteiger partial charge < -0.3 is 15.2 Å². The molecular formula is C22H33N4O2+. The van der Waals surface area contributed by atoms with Crippen molar-refractivity contribution in [1.82, 2.24) is 15.3 Å². The summed E-state index contributed by atoms with van der Waals surface area (Å²) >= 11 is 0. The fraction of sp³-hybridized carbons (Fsp3) is 0.591. The average Bonchev–Trinajstić information content (AvgIpc) is 2.68. The molecule has 0 aliphatic heterocycles. The number of aromatic amines is 1. The van der Waals surface area contributed by atoms with Crippen LogP contribution in [0.25, 0.3) is 10.9 Å². The Kier molecular flexibility index (Phi) is 7.20. The molecule has 6 nitrogen and oxygen atoms in total. The molecule has 0 radical (unpaired) electrons. The number of benzene rings is 1. The third kappa shape index (κ3) is 5.41. The number of amides is 1. The van der Waals surface area contributed by atoms with Crippen LogP contribution in [-0.2, 0) is 11.3 Å². The van der Waals surface area contributed by atoms with Crippen LogP contribution < -0.4 is 15.8 Å². The van der Waals surface area contributed by atoms with Crippen LogP contribution in [0.3, 0.4) is 0 Å². The first kappa shape index (κ1) is 20.5. The lowest BCUT2D eigenvalue weighted by Gasteiger charge is -2.30. The molecule has 1 saturated carbocycles. The first-order valence-corrected chi connectivity index (χ1v) is 10.7. The number of para-hydroxylation sites is 1. The Morgan fingerprint density at radius 3 is 2.86 bits per heavy atom. The van der Waals surface area contributed by atoms with E-state index in [1.165, 1.54) is 19.3 Å². The molecule has 1 unspecified atom stereocenters. The molecule has 3 rings (SSSR count). The minimum absolute atomic E-state index is 0.105. The number of aromatic nitrogens is 2. The molecule has 6 heteroatoms. The molecule has 0 saturated heterocycles. The molecule has 1 aliphatic rings. The van der Waals surface area contributed by atoms with Crippen molar-refractivity contribution in [2.75, 3.05) is 13.1 Å². The summed E-state index contributed by atoms with van der Waals surface area (Å²) in [6, 6.07) is 7.67. The van der Waals surface area contributed by atoms with Gasteiger partial charge in [0.25, 0.3) is 11.5 Å². The predicted molar refractivity (Wildman–Crippen MR) is 111 cm³/mol. The lowest BCUT2D eigenvalue weighted by atomic mass is 9.86. The molecule has 1 aliphatic carbocycles. The molecule has 1 fully saturated rings. The van der Waals surface area contributed by atoms with Crippen LogP contribution in [0.2, 0.25) is 0 Å². The number of quaternary nitrogens is 1. The molecule has 1 aromatic heterocycles. The Labute approximate surface area is 166 Å². The summed E-state index contributed by atoms with van der Waals surface area (Å²) in [4.78, 5) is 33.7. The van der Waals surface area contributed by atoms with Gasteiger partial charge in [-0.2, -0.15) is 0 Å². The minimum Gasteiger partial charge on any atom is -0.348 e. The monoisotopic (exact) mass is 385 g/mol. The molecule has 0 spiro atoms. The number of H-pyrrole nitrogens is 1. The molecule has 1 amide bonds. The fourth-order valence-electron chi connectivity index (χ4n) is 4.14. The average molecular weight is 386 g/mol. The second-order valence-corrected chi connectivity index (χ2v) is 8.17. The Hall–Kier alpha value is -2.21. The molecule has 3 N–H and O–H groups in total. The van der Waals surface area contributed by atoms with Crippen molar-refractivity contribution in [2.24, 2.45) is 5.92 Å². The number of nitrogens with zero attached hydrogens (tertiary/aromatic N) is 1. The van der Waals surface area contributed by atoms with Crippen molar-refractivity contribution in [3.63, 3.8) is 0 Å². The van der Waals surface area contributed by atoms with Gasteiger partial charge in [0.1, 0.15) is 6.54 Å². The zero-order chi connectivity index (χ0) is 19.9. The maximum absolute atomic E-state index is 12.7. The maximum atomic E-state index is 12.7. The lowest BCUT2D eigenvalue weighted by Crippen LogP contribution is -3.12. The van der Waals surface area contributed by atoms with E-state index in [0.717, 1.165) is 30.7 Å². The van der Waals surface area contributed by atoms with E-state index in [0.29, 0.717) is 41.8 Å². The van der Waals surface area contributed by atoms with Gasteiger partial charge in [-0.25, -0.2) is 4.98 Å². The maximum Gasteiger partial charge on any atom is 0.275 e. The van der Waals surface area contributed by atoms with Gasteiger partial charge in [-0.05, 0) is 37.3 Å². The Morgan fingerprint density at radius 1 is 1.29 bits per heavy atom. The van der Waals surface area contributed by atoms with Crippen molar-refractivity contribution in [3.05, 3.63) is 40.4 Å². The first-order valence-electron chi connectivity index (χ1n) is 10.7. The van der Waals surface area contributed by atoms with Gasteiger partial charge in [0.2, 0.25) is 0 Å². The molecule has 152 valence electrons. The van der Waals surface area contributed by atoms with Crippen molar-refractivity contribution >= 4 is 16.8 Å². The highest BCUT2D eigenvalue weighted by Gasteiger charge is 2.24. The topological polar surface area (TPSA) is 79.3 Å². The number of rotatable bonds is 8. The first-order chi connectivity index (χ1) is 13.6. The summed E-state index contributed by atoms with van der Waals surface area (Å²) in [5, 5.41) is 3.85. The predicted octanol–water partition coefficient (Wildman–Crippen LogP) is 1.80.